The predicted molar refractivity (Wildman–Crippen MR) is 103 cm³/mol. The highest BCUT2D eigenvalue weighted by atomic mass is 16.2. The normalized spacial score (nSPS) is 10.2. The second kappa shape index (κ2) is 8.87. The number of hydrogen-bond donors (Lipinski definition) is 3. The third-order valence-corrected chi connectivity index (χ3v) is 3.89. The minimum absolute atomic E-state index is 0.0102. The van der Waals surface area contributed by atoms with Gasteiger partial charge in [0, 0.05) is 23.5 Å². The lowest BCUT2D eigenvalue weighted by Gasteiger charge is -2.10. The molecule has 0 radical (unpaired) electrons. The SMILES string of the molecule is CCCC(=O)Nc1ccc(NCC(=O)Nc2ccc(C)c(C)c2)cc1. The van der Waals surface area contributed by atoms with E-state index in [1.165, 1.54) is 5.56 Å². The molecular formula is C20H25N3O2. The van der Waals surface area contributed by atoms with E-state index in [0.717, 1.165) is 29.0 Å². The maximum atomic E-state index is 12.0. The van der Waals surface area contributed by atoms with Gasteiger partial charge in [-0.25, -0.2) is 0 Å². The standard InChI is InChI=1S/C20H25N3O2/c1-4-5-19(24)22-17-10-8-16(9-11-17)21-13-20(25)23-18-7-6-14(2)15(3)12-18/h6-12,21H,4-5,13H2,1-3H3,(H,22,24)(H,23,25). The van der Waals surface area contributed by atoms with Gasteiger partial charge in [-0.15, -0.1) is 0 Å². The maximum Gasteiger partial charge on any atom is 0.243 e. The summed E-state index contributed by atoms with van der Waals surface area (Å²) in [7, 11) is 0. The van der Waals surface area contributed by atoms with Crippen molar-refractivity contribution in [1.29, 1.82) is 0 Å². The van der Waals surface area contributed by atoms with Crippen LogP contribution < -0.4 is 16.0 Å². The highest BCUT2D eigenvalue weighted by molar-refractivity contribution is 5.94. The van der Waals surface area contributed by atoms with Crippen LogP contribution in [-0.2, 0) is 9.59 Å². The number of hydrogen-bond acceptors (Lipinski definition) is 3. The molecule has 3 N–H and O–H groups in total. The molecule has 0 saturated heterocycles. The van der Waals surface area contributed by atoms with Crippen molar-refractivity contribution in [3.63, 3.8) is 0 Å². The molecule has 25 heavy (non-hydrogen) atoms. The third kappa shape index (κ3) is 5.95. The average molecular weight is 339 g/mol. The van der Waals surface area contributed by atoms with Gasteiger partial charge in [0.15, 0.2) is 0 Å². The van der Waals surface area contributed by atoms with Crippen LogP contribution in [0.3, 0.4) is 0 Å². The molecule has 2 aromatic rings. The minimum Gasteiger partial charge on any atom is -0.376 e. The van der Waals surface area contributed by atoms with E-state index in [1.807, 2.05) is 63.2 Å². The van der Waals surface area contributed by atoms with Gasteiger partial charge in [0.1, 0.15) is 0 Å². The molecule has 0 unspecified atom stereocenters. The molecule has 0 aromatic heterocycles. The monoisotopic (exact) mass is 339 g/mol. The van der Waals surface area contributed by atoms with Crippen molar-refractivity contribution in [3.8, 4) is 0 Å². The van der Waals surface area contributed by atoms with Crippen LogP contribution in [0.2, 0.25) is 0 Å². The molecule has 5 nitrogen and oxygen atoms in total. The zero-order chi connectivity index (χ0) is 18.2. The Kier molecular flexibility index (Phi) is 6.57. The van der Waals surface area contributed by atoms with Gasteiger partial charge in [0.05, 0.1) is 6.54 Å². The van der Waals surface area contributed by atoms with Crippen LogP contribution in [0.4, 0.5) is 17.1 Å². The quantitative estimate of drug-likeness (QED) is 0.711. The van der Waals surface area contributed by atoms with E-state index in [0.29, 0.717) is 6.42 Å². The number of aryl methyl sites for hydroxylation is 2. The lowest BCUT2D eigenvalue weighted by atomic mass is 10.1. The van der Waals surface area contributed by atoms with E-state index in [-0.39, 0.29) is 18.4 Å². The molecule has 0 aliphatic rings. The number of amides is 2. The lowest BCUT2D eigenvalue weighted by Crippen LogP contribution is -2.21. The van der Waals surface area contributed by atoms with Crippen LogP contribution in [0, 0.1) is 13.8 Å². The highest BCUT2D eigenvalue weighted by Gasteiger charge is 2.04. The largest absolute Gasteiger partial charge is 0.376 e. The third-order valence-electron chi connectivity index (χ3n) is 3.89. The summed E-state index contributed by atoms with van der Waals surface area (Å²) in [5.41, 5.74) is 4.71. The molecule has 0 saturated carbocycles. The molecule has 0 heterocycles. The fourth-order valence-corrected chi connectivity index (χ4v) is 2.33. The maximum absolute atomic E-state index is 12.0. The Hall–Kier alpha value is -2.82. The first-order valence-electron chi connectivity index (χ1n) is 8.49. The zero-order valence-corrected chi connectivity index (χ0v) is 15.0. The van der Waals surface area contributed by atoms with Crippen molar-refractivity contribution >= 4 is 28.9 Å². The van der Waals surface area contributed by atoms with Gasteiger partial charge in [-0.05, 0) is 67.8 Å². The van der Waals surface area contributed by atoms with E-state index in [4.69, 9.17) is 0 Å². The first-order chi connectivity index (χ1) is 12.0. The summed E-state index contributed by atoms with van der Waals surface area (Å²) < 4.78 is 0. The Morgan fingerprint density at radius 2 is 1.40 bits per heavy atom. The van der Waals surface area contributed by atoms with Crippen molar-refractivity contribution in [3.05, 3.63) is 53.6 Å². The van der Waals surface area contributed by atoms with Crippen molar-refractivity contribution in [2.45, 2.75) is 33.6 Å². The summed E-state index contributed by atoms with van der Waals surface area (Å²) in [5.74, 6) is -0.0976. The van der Waals surface area contributed by atoms with E-state index in [9.17, 15) is 9.59 Å². The molecule has 0 atom stereocenters. The number of nitrogens with one attached hydrogen (secondary N) is 3. The summed E-state index contributed by atoms with van der Waals surface area (Å²) in [6.07, 6.45) is 1.33. The molecule has 2 rings (SSSR count). The first-order valence-corrected chi connectivity index (χ1v) is 8.49. The van der Waals surface area contributed by atoms with E-state index >= 15 is 0 Å². The van der Waals surface area contributed by atoms with Gasteiger partial charge in [0.2, 0.25) is 11.8 Å². The Balaban J connectivity index is 1.83. The molecule has 2 amide bonds. The van der Waals surface area contributed by atoms with Gasteiger partial charge in [-0.1, -0.05) is 13.0 Å². The summed E-state index contributed by atoms with van der Waals surface area (Å²) in [5, 5.41) is 8.78. The molecular weight excluding hydrogens is 314 g/mol. The van der Waals surface area contributed by atoms with Crippen LogP contribution in [0.25, 0.3) is 0 Å². The Morgan fingerprint density at radius 3 is 2.04 bits per heavy atom. The average Bonchev–Trinajstić information content (AvgIpc) is 2.58. The number of benzene rings is 2. The fourth-order valence-electron chi connectivity index (χ4n) is 2.33. The number of carbonyl (C=O) groups excluding carboxylic acids is 2. The van der Waals surface area contributed by atoms with E-state index in [1.54, 1.807) is 0 Å². The van der Waals surface area contributed by atoms with Gasteiger partial charge in [-0.2, -0.15) is 0 Å². The van der Waals surface area contributed by atoms with Crippen molar-refractivity contribution < 1.29 is 9.59 Å². The summed E-state index contributed by atoms with van der Waals surface area (Å²) >= 11 is 0. The molecule has 5 heteroatoms. The van der Waals surface area contributed by atoms with E-state index < -0.39 is 0 Å². The zero-order valence-electron chi connectivity index (χ0n) is 15.0. The van der Waals surface area contributed by atoms with Gasteiger partial charge >= 0.3 is 0 Å². The lowest BCUT2D eigenvalue weighted by molar-refractivity contribution is -0.116. The Labute approximate surface area is 148 Å². The summed E-state index contributed by atoms with van der Waals surface area (Å²) in [6, 6.07) is 13.2. The van der Waals surface area contributed by atoms with Crippen LogP contribution in [-0.4, -0.2) is 18.4 Å². The number of carbonyl (C=O) groups is 2. The van der Waals surface area contributed by atoms with Crippen LogP contribution in [0.1, 0.15) is 30.9 Å². The Bertz CT molecular complexity index is 739. The smallest absolute Gasteiger partial charge is 0.243 e. The second-order valence-corrected chi connectivity index (χ2v) is 6.08. The van der Waals surface area contributed by atoms with Gasteiger partial charge in [-0.3, -0.25) is 9.59 Å². The molecule has 0 spiro atoms. The molecule has 132 valence electrons. The second-order valence-electron chi connectivity index (χ2n) is 6.08. The minimum atomic E-state index is -0.108. The molecule has 2 aromatic carbocycles. The van der Waals surface area contributed by atoms with Gasteiger partial charge < -0.3 is 16.0 Å². The highest BCUT2D eigenvalue weighted by Crippen LogP contribution is 2.15. The van der Waals surface area contributed by atoms with Crippen LogP contribution in [0.5, 0.6) is 0 Å². The number of rotatable bonds is 7. The molecule has 0 bridgehead atoms. The topological polar surface area (TPSA) is 70.2 Å². The van der Waals surface area contributed by atoms with Crippen LogP contribution in [0.15, 0.2) is 42.5 Å². The molecule has 0 aliphatic heterocycles. The van der Waals surface area contributed by atoms with Crippen molar-refractivity contribution in [1.82, 2.24) is 0 Å². The number of anilines is 3. The van der Waals surface area contributed by atoms with Crippen molar-refractivity contribution in [2.75, 3.05) is 22.5 Å². The Morgan fingerprint density at radius 1 is 0.800 bits per heavy atom. The first kappa shape index (κ1) is 18.5. The van der Waals surface area contributed by atoms with Gasteiger partial charge in [0.25, 0.3) is 0 Å². The summed E-state index contributed by atoms with van der Waals surface area (Å²) in [4.78, 5) is 23.6. The van der Waals surface area contributed by atoms with Crippen molar-refractivity contribution in [2.24, 2.45) is 0 Å². The fraction of sp³-hybridized carbons (Fsp3) is 0.300. The summed E-state index contributed by atoms with van der Waals surface area (Å²) in [6.45, 7) is 6.20. The molecule has 0 aliphatic carbocycles. The predicted octanol–water partition coefficient (Wildman–Crippen LogP) is 4.09. The van der Waals surface area contributed by atoms with E-state index in [2.05, 4.69) is 16.0 Å². The van der Waals surface area contributed by atoms with Crippen LogP contribution >= 0.6 is 0 Å². The molecule has 0 fully saturated rings.